The Morgan fingerprint density at radius 2 is 1.64 bits per heavy atom. The molecule has 2 N–H and O–H groups in total. The van der Waals surface area contributed by atoms with Crippen molar-refractivity contribution in [2.75, 3.05) is 10.6 Å². The summed E-state index contributed by atoms with van der Waals surface area (Å²) in [5, 5.41) is 32.2. The minimum Gasteiger partial charge on any atom is -0.343 e. The number of hydrogen-bond acceptors (Lipinski definition) is 5. The molecule has 0 aliphatic carbocycles. The highest BCUT2D eigenvalue weighted by atomic mass is 16.1. The number of carbonyl (C=O) groups is 1. The van der Waals surface area contributed by atoms with E-state index in [0.29, 0.717) is 17.8 Å². The summed E-state index contributed by atoms with van der Waals surface area (Å²) in [7, 11) is 0. The molecule has 0 radical (unpaired) electrons. The molecule has 0 spiro atoms. The second-order valence-corrected chi connectivity index (χ2v) is 4.55. The van der Waals surface area contributed by atoms with Gasteiger partial charge in [-0.2, -0.15) is 15.8 Å². The number of benzene rings is 1. The van der Waals surface area contributed by atoms with Gasteiger partial charge in [-0.25, -0.2) is 0 Å². The molecule has 0 heterocycles. The molecule has 1 aromatic carbocycles. The summed E-state index contributed by atoms with van der Waals surface area (Å²) in [6, 6.07) is 11.9. The van der Waals surface area contributed by atoms with E-state index in [0.717, 1.165) is 0 Å². The lowest BCUT2D eigenvalue weighted by atomic mass is 10.1. The first kappa shape index (κ1) is 16.8. The zero-order valence-corrected chi connectivity index (χ0v) is 12.3. The van der Waals surface area contributed by atoms with Crippen LogP contribution in [0.15, 0.2) is 35.5 Å². The summed E-state index contributed by atoms with van der Waals surface area (Å²) in [6.07, 6.45) is 0.706. The summed E-state index contributed by atoms with van der Waals surface area (Å²) in [5.41, 5.74) is 0.454. The van der Waals surface area contributed by atoms with Gasteiger partial charge in [-0.1, -0.05) is 26.0 Å². The molecule has 0 bridgehead atoms. The maximum atomic E-state index is 12.0. The Labute approximate surface area is 129 Å². The molecule has 1 amide bonds. The van der Waals surface area contributed by atoms with Gasteiger partial charge in [-0.15, -0.1) is 0 Å². The number of allylic oxidation sites excluding steroid dienone is 2. The monoisotopic (exact) mass is 293 g/mol. The van der Waals surface area contributed by atoms with Gasteiger partial charge in [0.1, 0.15) is 23.9 Å². The summed E-state index contributed by atoms with van der Waals surface area (Å²) in [4.78, 5) is 12.0. The van der Waals surface area contributed by atoms with Gasteiger partial charge in [-0.3, -0.25) is 4.79 Å². The normalized spacial score (nSPS) is 10.3. The number of carbonyl (C=O) groups excluding carboxylic acids is 1. The van der Waals surface area contributed by atoms with E-state index in [1.54, 1.807) is 42.5 Å². The van der Waals surface area contributed by atoms with Crippen LogP contribution < -0.4 is 10.6 Å². The van der Waals surface area contributed by atoms with E-state index in [9.17, 15) is 4.79 Å². The van der Waals surface area contributed by atoms with Gasteiger partial charge in [0.15, 0.2) is 5.57 Å². The molecule has 6 nitrogen and oxygen atoms in total. The van der Waals surface area contributed by atoms with Crippen LogP contribution in [0.1, 0.15) is 20.3 Å². The summed E-state index contributed by atoms with van der Waals surface area (Å²) < 4.78 is 0. The van der Waals surface area contributed by atoms with Crippen molar-refractivity contribution < 1.29 is 4.79 Å². The highest BCUT2D eigenvalue weighted by Gasteiger charge is 2.14. The first-order valence-electron chi connectivity index (χ1n) is 6.68. The lowest BCUT2D eigenvalue weighted by Gasteiger charge is -2.14. The molecule has 0 aromatic heterocycles. The number of para-hydroxylation sites is 2. The number of rotatable bonds is 5. The Kier molecular flexibility index (Phi) is 6.16. The number of amides is 1. The average Bonchev–Trinajstić information content (AvgIpc) is 2.55. The smallest absolute Gasteiger partial charge is 0.227 e. The molecule has 1 unspecified atom stereocenters. The lowest BCUT2D eigenvalue weighted by Crippen LogP contribution is -2.20. The van der Waals surface area contributed by atoms with E-state index >= 15 is 0 Å². The molecule has 22 heavy (non-hydrogen) atoms. The van der Waals surface area contributed by atoms with Gasteiger partial charge < -0.3 is 10.6 Å². The second kappa shape index (κ2) is 8.09. The molecular formula is C16H15N5O. The van der Waals surface area contributed by atoms with E-state index in [-0.39, 0.29) is 23.1 Å². The molecule has 0 fully saturated rings. The number of nitrogens with one attached hydrogen (secondary N) is 2. The third kappa shape index (κ3) is 4.10. The van der Waals surface area contributed by atoms with Crippen LogP contribution in [0.4, 0.5) is 11.4 Å². The minimum atomic E-state index is -0.314. The van der Waals surface area contributed by atoms with Crippen LogP contribution in [-0.4, -0.2) is 5.91 Å². The lowest BCUT2D eigenvalue weighted by molar-refractivity contribution is -0.119. The third-order valence-electron chi connectivity index (χ3n) is 3.09. The van der Waals surface area contributed by atoms with Crippen molar-refractivity contribution in [2.24, 2.45) is 5.92 Å². The zero-order chi connectivity index (χ0) is 16.5. The van der Waals surface area contributed by atoms with E-state index in [4.69, 9.17) is 15.8 Å². The van der Waals surface area contributed by atoms with Gasteiger partial charge in [0.05, 0.1) is 11.4 Å². The standard InChI is InChI=1S/C16H15N5O/c1-3-11(2)16(22)21-14-7-5-4-6-13(14)20-15(10-19)12(8-17)9-18/h4-7,11,20H,3H2,1-2H3,(H,21,22). The Bertz CT molecular complexity index is 699. The van der Waals surface area contributed by atoms with Crippen LogP contribution in [0, 0.1) is 39.9 Å². The second-order valence-electron chi connectivity index (χ2n) is 4.55. The highest BCUT2D eigenvalue weighted by Crippen LogP contribution is 2.24. The maximum Gasteiger partial charge on any atom is 0.227 e. The van der Waals surface area contributed by atoms with Crippen molar-refractivity contribution >= 4 is 17.3 Å². The molecule has 0 aliphatic rings. The summed E-state index contributed by atoms with van der Waals surface area (Å²) in [6.45, 7) is 3.73. The predicted octanol–water partition coefficient (Wildman–Crippen LogP) is 2.91. The Hall–Kier alpha value is -3.30. The van der Waals surface area contributed by atoms with Crippen molar-refractivity contribution in [3.63, 3.8) is 0 Å². The molecular weight excluding hydrogens is 278 g/mol. The molecule has 6 heteroatoms. The fourth-order valence-electron chi connectivity index (χ4n) is 1.56. The van der Waals surface area contributed by atoms with Crippen molar-refractivity contribution in [1.82, 2.24) is 0 Å². The van der Waals surface area contributed by atoms with Crippen LogP contribution in [0.2, 0.25) is 0 Å². The van der Waals surface area contributed by atoms with Crippen LogP contribution in [0.5, 0.6) is 0 Å². The quantitative estimate of drug-likeness (QED) is 0.810. The first-order valence-corrected chi connectivity index (χ1v) is 6.68. The van der Waals surface area contributed by atoms with Crippen molar-refractivity contribution in [3.05, 3.63) is 35.5 Å². The van der Waals surface area contributed by atoms with Crippen molar-refractivity contribution in [1.29, 1.82) is 15.8 Å². The summed E-state index contributed by atoms with van der Waals surface area (Å²) >= 11 is 0. The largest absolute Gasteiger partial charge is 0.343 e. The number of hydrogen-bond donors (Lipinski definition) is 2. The van der Waals surface area contributed by atoms with Crippen molar-refractivity contribution in [3.8, 4) is 18.2 Å². The highest BCUT2D eigenvalue weighted by molar-refractivity contribution is 5.95. The van der Waals surface area contributed by atoms with E-state index in [2.05, 4.69) is 10.6 Å². The Morgan fingerprint density at radius 1 is 1.09 bits per heavy atom. The minimum absolute atomic E-state index is 0.139. The van der Waals surface area contributed by atoms with Crippen molar-refractivity contribution in [2.45, 2.75) is 20.3 Å². The molecule has 110 valence electrons. The van der Waals surface area contributed by atoms with E-state index < -0.39 is 0 Å². The molecule has 1 rings (SSSR count). The Balaban J connectivity index is 3.11. The SMILES string of the molecule is CCC(C)C(=O)Nc1ccccc1NC(C#N)=C(C#N)C#N. The number of anilines is 2. The zero-order valence-electron chi connectivity index (χ0n) is 12.3. The molecule has 0 saturated carbocycles. The van der Waals surface area contributed by atoms with E-state index in [1.807, 2.05) is 13.8 Å². The van der Waals surface area contributed by atoms with Crippen LogP contribution in [-0.2, 0) is 4.79 Å². The summed E-state index contributed by atoms with van der Waals surface area (Å²) in [5.74, 6) is -0.284. The van der Waals surface area contributed by atoms with Gasteiger partial charge in [0, 0.05) is 5.92 Å². The predicted molar refractivity (Wildman–Crippen MR) is 82.0 cm³/mol. The Morgan fingerprint density at radius 3 is 2.09 bits per heavy atom. The van der Waals surface area contributed by atoms with Gasteiger partial charge in [0.2, 0.25) is 5.91 Å². The van der Waals surface area contributed by atoms with Crippen LogP contribution in [0.3, 0.4) is 0 Å². The molecule has 1 atom stereocenters. The number of nitrogens with zero attached hydrogens (tertiary/aromatic N) is 3. The van der Waals surface area contributed by atoms with Gasteiger partial charge >= 0.3 is 0 Å². The van der Waals surface area contributed by atoms with Crippen LogP contribution in [0.25, 0.3) is 0 Å². The fourth-order valence-corrected chi connectivity index (χ4v) is 1.56. The topological polar surface area (TPSA) is 112 Å². The first-order chi connectivity index (χ1) is 10.6. The molecule has 1 aromatic rings. The van der Waals surface area contributed by atoms with Gasteiger partial charge in [-0.05, 0) is 18.6 Å². The molecule has 0 aliphatic heterocycles. The van der Waals surface area contributed by atoms with Gasteiger partial charge in [0.25, 0.3) is 0 Å². The van der Waals surface area contributed by atoms with Crippen LogP contribution >= 0.6 is 0 Å². The molecule has 0 saturated heterocycles. The maximum absolute atomic E-state index is 12.0. The van der Waals surface area contributed by atoms with E-state index in [1.165, 1.54) is 0 Å². The average molecular weight is 293 g/mol. The number of nitriles is 3. The third-order valence-corrected chi connectivity index (χ3v) is 3.09. The fraction of sp³-hybridized carbons (Fsp3) is 0.250.